The molecular formula is C11H9F2N3O. The van der Waals surface area contributed by atoms with Crippen molar-refractivity contribution in [2.24, 2.45) is 0 Å². The second-order valence-corrected chi connectivity index (χ2v) is 3.42. The van der Waals surface area contributed by atoms with Gasteiger partial charge in [-0.3, -0.25) is 4.79 Å². The van der Waals surface area contributed by atoms with Gasteiger partial charge in [0.2, 0.25) is 0 Å². The van der Waals surface area contributed by atoms with E-state index in [1.165, 1.54) is 6.33 Å². The molecule has 0 spiro atoms. The number of carbonyl (C=O) groups excluding carboxylic acids is 1. The predicted molar refractivity (Wildman–Crippen MR) is 56.1 cm³/mol. The largest absolute Gasteiger partial charge is 0.347 e. The van der Waals surface area contributed by atoms with E-state index in [1.807, 2.05) is 0 Å². The fraction of sp³-hybridized carbons (Fsp3) is 0.0909. The number of nitrogens with one attached hydrogen (secondary N) is 2. The molecule has 0 fully saturated rings. The lowest BCUT2D eigenvalue weighted by Crippen LogP contribution is -2.23. The summed E-state index contributed by atoms with van der Waals surface area (Å²) in [6.07, 6.45) is 3.02. The highest BCUT2D eigenvalue weighted by molar-refractivity contribution is 5.94. The number of aromatic amines is 1. The molecule has 1 aromatic carbocycles. The van der Waals surface area contributed by atoms with Gasteiger partial charge in [0.25, 0.3) is 5.91 Å². The van der Waals surface area contributed by atoms with Crippen LogP contribution < -0.4 is 5.32 Å². The Kier molecular flexibility index (Phi) is 3.13. The van der Waals surface area contributed by atoms with Gasteiger partial charge >= 0.3 is 0 Å². The molecule has 0 aliphatic rings. The first-order valence-corrected chi connectivity index (χ1v) is 4.86. The molecule has 6 heteroatoms. The number of hydrogen-bond donors (Lipinski definition) is 2. The number of aromatic nitrogens is 2. The summed E-state index contributed by atoms with van der Waals surface area (Å²) in [7, 11) is 0. The van der Waals surface area contributed by atoms with Gasteiger partial charge in [0.15, 0.2) is 0 Å². The Hall–Kier alpha value is -2.24. The molecule has 88 valence electrons. The van der Waals surface area contributed by atoms with Gasteiger partial charge in [-0.25, -0.2) is 13.8 Å². The van der Waals surface area contributed by atoms with Crippen molar-refractivity contribution in [3.8, 4) is 0 Å². The van der Waals surface area contributed by atoms with E-state index in [2.05, 4.69) is 15.3 Å². The van der Waals surface area contributed by atoms with Crippen molar-refractivity contribution in [1.82, 2.24) is 15.3 Å². The zero-order valence-electron chi connectivity index (χ0n) is 8.71. The quantitative estimate of drug-likeness (QED) is 0.852. The number of halogens is 2. The molecule has 2 rings (SSSR count). The normalized spacial score (nSPS) is 10.2. The molecule has 0 radical (unpaired) electrons. The molecule has 0 atom stereocenters. The topological polar surface area (TPSA) is 57.8 Å². The van der Waals surface area contributed by atoms with E-state index in [0.717, 1.165) is 12.1 Å². The standard InChI is InChI=1S/C11H9F2N3O/c12-8-1-7(2-9(13)3-8)11(17)15-5-10-4-14-6-16-10/h1-4,6H,5H2,(H,14,16)(H,15,17). The number of carbonyl (C=O) groups is 1. The van der Waals surface area contributed by atoms with E-state index in [4.69, 9.17) is 0 Å². The third-order valence-electron chi connectivity index (χ3n) is 2.12. The van der Waals surface area contributed by atoms with Crippen molar-refractivity contribution >= 4 is 5.91 Å². The molecule has 0 saturated heterocycles. The monoisotopic (exact) mass is 237 g/mol. The molecule has 0 unspecified atom stereocenters. The van der Waals surface area contributed by atoms with Crippen molar-refractivity contribution in [3.63, 3.8) is 0 Å². The maximum Gasteiger partial charge on any atom is 0.251 e. The molecule has 2 aromatic rings. The average molecular weight is 237 g/mol. The first-order valence-electron chi connectivity index (χ1n) is 4.86. The van der Waals surface area contributed by atoms with E-state index in [9.17, 15) is 13.6 Å². The molecule has 0 saturated carbocycles. The van der Waals surface area contributed by atoms with Gasteiger partial charge in [0, 0.05) is 17.8 Å². The van der Waals surface area contributed by atoms with Crippen LogP contribution in [0.15, 0.2) is 30.7 Å². The number of benzene rings is 1. The molecule has 0 aliphatic carbocycles. The fourth-order valence-electron chi connectivity index (χ4n) is 1.34. The minimum Gasteiger partial charge on any atom is -0.347 e. The van der Waals surface area contributed by atoms with E-state index >= 15 is 0 Å². The smallest absolute Gasteiger partial charge is 0.251 e. The molecule has 4 nitrogen and oxygen atoms in total. The van der Waals surface area contributed by atoms with Crippen LogP contribution >= 0.6 is 0 Å². The van der Waals surface area contributed by atoms with Crippen molar-refractivity contribution in [2.75, 3.05) is 0 Å². The van der Waals surface area contributed by atoms with Crippen LogP contribution in [0.2, 0.25) is 0 Å². The van der Waals surface area contributed by atoms with E-state index < -0.39 is 17.5 Å². The van der Waals surface area contributed by atoms with Crippen molar-refractivity contribution in [2.45, 2.75) is 6.54 Å². The number of amides is 1. The average Bonchev–Trinajstić information content (AvgIpc) is 2.77. The molecule has 0 aliphatic heterocycles. The Morgan fingerprint density at radius 1 is 1.29 bits per heavy atom. The van der Waals surface area contributed by atoms with E-state index in [0.29, 0.717) is 11.8 Å². The van der Waals surface area contributed by atoms with Crippen LogP contribution in [0, 0.1) is 11.6 Å². The molecular weight excluding hydrogens is 228 g/mol. The summed E-state index contributed by atoms with van der Waals surface area (Å²) in [5, 5.41) is 2.51. The number of nitrogens with zero attached hydrogens (tertiary/aromatic N) is 1. The van der Waals surface area contributed by atoms with Crippen LogP contribution in [0.3, 0.4) is 0 Å². The Morgan fingerprint density at radius 3 is 2.59 bits per heavy atom. The van der Waals surface area contributed by atoms with Gasteiger partial charge in [0.1, 0.15) is 11.6 Å². The molecule has 1 aromatic heterocycles. The lowest BCUT2D eigenvalue weighted by Gasteiger charge is -2.04. The van der Waals surface area contributed by atoms with Gasteiger partial charge in [-0.1, -0.05) is 0 Å². The number of imidazole rings is 1. The zero-order chi connectivity index (χ0) is 12.3. The first-order chi connectivity index (χ1) is 8.15. The van der Waals surface area contributed by atoms with Gasteiger partial charge in [0.05, 0.1) is 18.6 Å². The maximum absolute atomic E-state index is 12.9. The minimum absolute atomic E-state index is 0.0537. The lowest BCUT2D eigenvalue weighted by atomic mass is 10.2. The zero-order valence-corrected chi connectivity index (χ0v) is 8.71. The van der Waals surface area contributed by atoms with Crippen LogP contribution in [0.5, 0.6) is 0 Å². The Labute approximate surface area is 95.7 Å². The Balaban J connectivity index is 2.04. The third kappa shape index (κ3) is 2.87. The lowest BCUT2D eigenvalue weighted by molar-refractivity contribution is 0.0949. The highest BCUT2D eigenvalue weighted by Gasteiger charge is 2.08. The summed E-state index contributed by atoms with van der Waals surface area (Å²) < 4.78 is 25.7. The SMILES string of the molecule is O=C(NCc1cnc[nH]1)c1cc(F)cc(F)c1. The van der Waals surface area contributed by atoms with Crippen LogP contribution in [-0.4, -0.2) is 15.9 Å². The third-order valence-corrected chi connectivity index (χ3v) is 2.12. The summed E-state index contributed by atoms with van der Waals surface area (Å²) in [6, 6.07) is 2.67. The van der Waals surface area contributed by atoms with E-state index in [-0.39, 0.29) is 12.1 Å². The summed E-state index contributed by atoms with van der Waals surface area (Å²) in [4.78, 5) is 18.1. The molecule has 2 N–H and O–H groups in total. The van der Waals surface area contributed by atoms with E-state index in [1.54, 1.807) is 6.20 Å². The second-order valence-electron chi connectivity index (χ2n) is 3.42. The fourth-order valence-corrected chi connectivity index (χ4v) is 1.34. The Morgan fingerprint density at radius 2 is 2.00 bits per heavy atom. The predicted octanol–water partition coefficient (Wildman–Crippen LogP) is 1.62. The summed E-state index contributed by atoms with van der Waals surface area (Å²) in [6.45, 7) is 0.219. The maximum atomic E-state index is 12.9. The van der Waals surface area contributed by atoms with Gasteiger partial charge in [-0.05, 0) is 12.1 Å². The van der Waals surface area contributed by atoms with Crippen molar-refractivity contribution in [3.05, 3.63) is 53.6 Å². The minimum atomic E-state index is -0.781. The molecule has 17 heavy (non-hydrogen) atoms. The first kappa shape index (κ1) is 11.3. The van der Waals surface area contributed by atoms with Gasteiger partial charge in [-0.15, -0.1) is 0 Å². The summed E-state index contributed by atoms with van der Waals surface area (Å²) >= 11 is 0. The number of H-pyrrole nitrogens is 1. The number of hydrogen-bond acceptors (Lipinski definition) is 2. The van der Waals surface area contributed by atoms with Crippen molar-refractivity contribution in [1.29, 1.82) is 0 Å². The van der Waals surface area contributed by atoms with Gasteiger partial charge in [-0.2, -0.15) is 0 Å². The van der Waals surface area contributed by atoms with Crippen LogP contribution in [-0.2, 0) is 6.54 Å². The highest BCUT2D eigenvalue weighted by atomic mass is 19.1. The molecule has 1 amide bonds. The van der Waals surface area contributed by atoms with Crippen molar-refractivity contribution < 1.29 is 13.6 Å². The van der Waals surface area contributed by atoms with Gasteiger partial charge < -0.3 is 10.3 Å². The van der Waals surface area contributed by atoms with Crippen LogP contribution in [0.25, 0.3) is 0 Å². The molecule has 0 bridgehead atoms. The van der Waals surface area contributed by atoms with Crippen LogP contribution in [0.4, 0.5) is 8.78 Å². The Bertz CT molecular complexity index is 505. The summed E-state index contributed by atoms with van der Waals surface area (Å²) in [5.41, 5.74) is 0.650. The summed E-state index contributed by atoms with van der Waals surface area (Å²) in [5.74, 6) is -2.11. The highest BCUT2D eigenvalue weighted by Crippen LogP contribution is 2.07. The second kappa shape index (κ2) is 4.73. The number of rotatable bonds is 3. The molecule has 1 heterocycles. The van der Waals surface area contributed by atoms with Crippen LogP contribution in [0.1, 0.15) is 16.1 Å².